The molecular formula is C20H18N2O2. The molecule has 4 nitrogen and oxygen atoms in total. The molecule has 2 heterocycles. The topological polar surface area (TPSA) is 49.7 Å². The lowest BCUT2D eigenvalue weighted by Crippen LogP contribution is -2.38. The Balaban J connectivity index is 2.22. The largest absolute Gasteiger partial charge is 0.277 e. The van der Waals surface area contributed by atoms with Crippen LogP contribution in [-0.2, 0) is 4.79 Å². The van der Waals surface area contributed by atoms with Crippen LogP contribution in [0.2, 0.25) is 0 Å². The van der Waals surface area contributed by atoms with Crippen LogP contribution in [0.4, 0.5) is 0 Å². The second kappa shape index (κ2) is 6.24. The van der Waals surface area contributed by atoms with Gasteiger partial charge < -0.3 is 0 Å². The van der Waals surface area contributed by atoms with E-state index >= 15 is 0 Å². The minimum atomic E-state index is -0.367. The quantitative estimate of drug-likeness (QED) is 0.617. The lowest BCUT2D eigenvalue weighted by molar-refractivity contribution is -0.121. The first kappa shape index (κ1) is 15.9. The zero-order chi connectivity index (χ0) is 17.3. The molecule has 120 valence electrons. The van der Waals surface area contributed by atoms with E-state index in [1.165, 1.54) is 7.05 Å². The van der Waals surface area contributed by atoms with Crippen LogP contribution in [0.15, 0.2) is 59.8 Å². The Morgan fingerprint density at radius 2 is 2.08 bits per heavy atom. The number of rotatable bonds is 2. The number of amides is 2. The molecule has 0 aromatic heterocycles. The number of fused-ring (bicyclic) bond motifs is 1. The summed E-state index contributed by atoms with van der Waals surface area (Å²) in [4.78, 5) is 30.4. The molecule has 24 heavy (non-hydrogen) atoms. The van der Waals surface area contributed by atoms with Crippen molar-refractivity contribution in [2.45, 2.75) is 13.3 Å². The summed E-state index contributed by atoms with van der Waals surface area (Å²) in [5.41, 5.74) is 3.90. The van der Waals surface area contributed by atoms with E-state index < -0.39 is 0 Å². The number of aliphatic imine (C=N–C) groups is 1. The van der Waals surface area contributed by atoms with Gasteiger partial charge in [-0.2, -0.15) is 0 Å². The third kappa shape index (κ3) is 2.46. The fourth-order valence-corrected chi connectivity index (χ4v) is 2.96. The van der Waals surface area contributed by atoms with Gasteiger partial charge in [0.25, 0.3) is 11.8 Å². The maximum Gasteiger partial charge on any atom is 0.261 e. The number of benzene rings is 1. The average molecular weight is 318 g/mol. The van der Waals surface area contributed by atoms with Gasteiger partial charge in [0.05, 0.1) is 5.70 Å². The van der Waals surface area contributed by atoms with E-state index in [-0.39, 0.29) is 11.8 Å². The summed E-state index contributed by atoms with van der Waals surface area (Å²) in [6, 6.07) is 5.45. The van der Waals surface area contributed by atoms with Crippen molar-refractivity contribution in [1.29, 1.82) is 0 Å². The minimum absolute atomic E-state index is 0.307. The Hall–Kier alpha value is -3.01. The standard InChI is InChI=1S/C20H18N2O2/c1-4-14(17-11-6-5-7-12-21-17)15-9-8-10-16-18(15)13(2)19(23)22(3)20(16)24/h4-6,8-12H,2,7H2,1,3H3/b14-4+. The van der Waals surface area contributed by atoms with Crippen molar-refractivity contribution in [3.8, 4) is 0 Å². The van der Waals surface area contributed by atoms with Gasteiger partial charge in [-0.1, -0.05) is 36.9 Å². The number of likely N-dealkylation sites (N-methyl/N-ethyl adjacent to an activating group) is 1. The highest BCUT2D eigenvalue weighted by molar-refractivity contribution is 6.31. The van der Waals surface area contributed by atoms with E-state index in [1.807, 2.05) is 49.6 Å². The van der Waals surface area contributed by atoms with Crippen molar-refractivity contribution in [2.24, 2.45) is 4.99 Å². The van der Waals surface area contributed by atoms with E-state index in [1.54, 1.807) is 6.07 Å². The molecule has 0 bridgehead atoms. The van der Waals surface area contributed by atoms with Crippen molar-refractivity contribution < 1.29 is 9.59 Å². The van der Waals surface area contributed by atoms with Crippen LogP contribution < -0.4 is 0 Å². The summed E-state index contributed by atoms with van der Waals surface area (Å²) in [6.07, 6.45) is 10.5. The molecule has 0 aliphatic carbocycles. The first-order valence-corrected chi connectivity index (χ1v) is 7.77. The summed E-state index contributed by atoms with van der Waals surface area (Å²) in [7, 11) is 1.48. The molecule has 0 saturated carbocycles. The lowest BCUT2D eigenvalue weighted by Gasteiger charge is -2.27. The Morgan fingerprint density at radius 3 is 2.83 bits per heavy atom. The maximum atomic E-state index is 12.5. The Bertz CT molecular complexity index is 870. The van der Waals surface area contributed by atoms with Crippen molar-refractivity contribution >= 4 is 29.2 Å². The highest BCUT2D eigenvalue weighted by Gasteiger charge is 2.33. The molecule has 0 N–H and O–H groups in total. The van der Waals surface area contributed by atoms with Gasteiger partial charge in [0, 0.05) is 42.0 Å². The lowest BCUT2D eigenvalue weighted by atomic mass is 9.86. The maximum absolute atomic E-state index is 12.5. The van der Waals surface area contributed by atoms with Crippen LogP contribution in [0.25, 0.3) is 11.1 Å². The van der Waals surface area contributed by atoms with Crippen molar-refractivity contribution in [3.63, 3.8) is 0 Å². The van der Waals surface area contributed by atoms with E-state index in [2.05, 4.69) is 11.6 Å². The fraction of sp³-hybridized carbons (Fsp3) is 0.150. The highest BCUT2D eigenvalue weighted by Crippen LogP contribution is 2.36. The number of imide groups is 1. The molecule has 3 rings (SSSR count). The highest BCUT2D eigenvalue weighted by atomic mass is 16.2. The van der Waals surface area contributed by atoms with Crippen molar-refractivity contribution in [1.82, 2.24) is 4.90 Å². The predicted molar refractivity (Wildman–Crippen MR) is 96.6 cm³/mol. The first-order valence-electron chi connectivity index (χ1n) is 7.77. The molecule has 0 atom stereocenters. The number of nitrogens with zero attached hydrogens (tertiary/aromatic N) is 2. The Labute approximate surface area is 141 Å². The summed E-state index contributed by atoms with van der Waals surface area (Å²) in [5.74, 6) is -0.674. The fourth-order valence-electron chi connectivity index (χ4n) is 2.96. The third-order valence-corrected chi connectivity index (χ3v) is 4.18. The molecule has 2 aliphatic heterocycles. The van der Waals surface area contributed by atoms with Crippen molar-refractivity contribution in [3.05, 3.63) is 71.5 Å². The summed E-state index contributed by atoms with van der Waals surface area (Å²) < 4.78 is 0. The van der Waals surface area contributed by atoms with Gasteiger partial charge in [-0.3, -0.25) is 19.5 Å². The second-order valence-electron chi connectivity index (χ2n) is 5.61. The van der Waals surface area contributed by atoms with Crippen LogP contribution >= 0.6 is 0 Å². The van der Waals surface area contributed by atoms with Crippen LogP contribution in [0.3, 0.4) is 0 Å². The molecule has 0 unspecified atom stereocenters. The van der Waals surface area contributed by atoms with E-state index in [4.69, 9.17) is 0 Å². The summed E-state index contributed by atoms with van der Waals surface area (Å²) in [5, 5.41) is 0. The molecular weight excluding hydrogens is 300 g/mol. The number of carbonyl (C=O) groups is 2. The van der Waals surface area contributed by atoms with Gasteiger partial charge in [-0.25, -0.2) is 0 Å². The van der Waals surface area contributed by atoms with E-state index in [9.17, 15) is 9.59 Å². The van der Waals surface area contributed by atoms with Gasteiger partial charge in [0.1, 0.15) is 0 Å². The van der Waals surface area contributed by atoms with Gasteiger partial charge in [0.15, 0.2) is 0 Å². The Kier molecular flexibility index (Phi) is 4.13. The second-order valence-corrected chi connectivity index (χ2v) is 5.61. The van der Waals surface area contributed by atoms with Crippen LogP contribution in [0.5, 0.6) is 0 Å². The zero-order valence-electron chi connectivity index (χ0n) is 13.7. The molecule has 1 aromatic carbocycles. The summed E-state index contributed by atoms with van der Waals surface area (Å²) in [6.45, 7) is 5.84. The number of hydrogen-bond acceptors (Lipinski definition) is 3. The molecule has 0 radical (unpaired) electrons. The zero-order valence-corrected chi connectivity index (χ0v) is 13.7. The Morgan fingerprint density at radius 1 is 1.29 bits per heavy atom. The van der Waals surface area contributed by atoms with Gasteiger partial charge in [0.2, 0.25) is 0 Å². The minimum Gasteiger partial charge on any atom is -0.277 e. The average Bonchev–Trinajstić information content (AvgIpc) is 2.88. The normalized spacial score (nSPS) is 17.8. The predicted octanol–water partition coefficient (Wildman–Crippen LogP) is 3.63. The first-order chi connectivity index (χ1) is 11.6. The number of hydrogen-bond donors (Lipinski definition) is 0. The van der Waals surface area contributed by atoms with Crippen LogP contribution in [0, 0.1) is 0 Å². The van der Waals surface area contributed by atoms with E-state index in [0.29, 0.717) is 16.7 Å². The van der Waals surface area contributed by atoms with Gasteiger partial charge >= 0.3 is 0 Å². The van der Waals surface area contributed by atoms with Crippen LogP contribution in [-0.4, -0.2) is 30.0 Å². The monoisotopic (exact) mass is 318 g/mol. The molecule has 1 aromatic rings. The molecule has 0 spiro atoms. The van der Waals surface area contributed by atoms with Crippen LogP contribution in [0.1, 0.15) is 34.8 Å². The smallest absolute Gasteiger partial charge is 0.261 e. The molecule has 4 heteroatoms. The number of carbonyl (C=O) groups excluding carboxylic acids is 2. The van der Waals surface area contributed by atoms with Gasteiger partial charge in [-0.05, 0) is 24.6 Å². The molecule has 0 fully saturated rings. The molecule has 2 amide bonds. The van der Waals surface area contributed by atoms with E-state index in [0.717, 1.165) is 28.2 Å². The number of allylic oxidation sites excluding steroid dienone is 5. The third-order valence-electron chi connectivity index (χ3n) is 4.18. The van der Waals surface area contributed by atoms with Gasteiger partial charge in [-0.15, -0.1) is 0 Å². The SMILES string of the molecule is C=C1C(=O)N(C)C(=O)c2cccc(/C(=C\C)C3=CC=CCC=N3)c21. The molecule has 2 aliphatic rings. The summed E-state index contributed by atoms with van der Waals surface area (Å²) >= 11 is 0. The molecule has 0 saturated heterocycles. The van der Waals surface area contributed by atoms with Crippen molar-refractivity contribution in [2.75, 3.05) is 7.05 Å².